The Balaban J connectivity index is 3.06. The molecular formula is C9H10BrN3O4S2. The lowest BCUT2D eigenvalue weighted by atomic mass is 10.2. The summed E-state index contributed by atoms with van der Waals surface area (Å²) in [7, 11) is -3.07. The summed E-state index contributed by atoms with van der Waals surface area (Å²) < 4.78 is 31.9. The Morgan fingerprint density at radius 3 is 2.63 bits per heavy atom. The second-order valence-electron chi connectivity index (χ2n) is 3.25. The molecule has 10 heteroatoms. The molecule has 0 bridgehead atoms. The van der Waals surface area contributed by atoms with Gasteiger partial charge in [-0.15, -0.1) is 0 Å². The van der Waals surface area contributed by atoms with E-state index in [1.807, 2.05) is 0 Å². The third kappa shape index (κ3) is 4.65. The zero-order valence-corrected chi connectivity index (χ0v) is 12.9. The quantitative estimate of drug-likeness (QED) is 0.687. The van der Waals surface area contributed by atoms with Crippen LogP contribution < -0.4 is 15.2 Å². The maximum Gasteiger partial charge on any atom is 0.422 e. The molecule has 0 aromatic heterocycles. The normalized spacial score (nSPS) is 10.6. The van der Waals surface area contributed by atoms with Crippen molar-refractivity contribution in [3.8, 4) is 0 Å². The van der Waals surface area contributed by atoms with E-state index in [4.69, 9.17) is 18.0 Å². The maximum absolute atomic E-state index is 11.6. The van der Waals surface area contributed by atoms with E-state index in [2.05, 4.69) is 25.4 Å². The smallest absolute Gasteiger partial charge is 0.422 e. The highest BCUT2D eigenvalue weighted by atomic mass is 79.9. The SMILES string of the molecule is COC(=O)NS(=O)(=O)Nc1ccc(Br)cc1C(N)=S. The Morgan fingerprint density at radius 2 is 2.11 bits per heavy atom. The number of nitrogens with two attached hydrogens (primary N) is 1. The molecule has 7 nitrogen and oxygen atoms in total. The molecule has 0 radical (unpaired) electrons. The number of rotatable bonds is 4. The van der Waals surface area contributed by atoms with Crippen LogP contribution in [0.25, 0.3) is 0 Å². The van der Waals surface area contributed by atoms with E-state index in [1.165, 1.54) is 6.07 Å². The van der Waals surface area contributed by atoms with Crippen molar-refractivity contribution in [3.05, 3.63) is 28.2 Å². The second-order valence-corrected chi connectivity index (χ2v) is 6.02. The van der Waals surface area contributed by atoms with Crippen LogP contribution in [0.15, 0.2) is 22.7 Å². The van der Waals surface area contributed by atoms with E-state index < -0.39 is 16.3 Å². The van der Waals surface area contributed by atoms with Gasteiger partial charge in [0, 0.05) is 10.0 Å². The molecule has 1 rings (SSSR count). The molecule has 0 spiro atoms. The minimum absolute atomic E-state index is 0.0112. The van der Waals surface area contributed by atoms with Gasteiger partial charge in [-0.3, -0.25) is 4.72 Å². The van der Waals surface area contributed by atoms with Crippen LogP contribution in [-0.4, -0.2) is 26.6 Å². The van der Waals surface area contributed by atoms with E-state index in [1.54, 1.807) is 16.9 Å². The summed E-state index contributed by atoms with van der Waals surface area (Å²) in [5.41, 5.74) is 5.96. The zero-order valence-electron chi connectivity index (χ0n) is 9.64. The number of hydrogen-bond acceptors (Lipinski definition) is 5. The van der Waals surface area contributed by atoms with Gasteiger partial charge in [0.2, 0.25) is 0 Å². The van der Waals surface area contributed by atoms with Gasteiger partial charge in [-0.05, 0) is 18.2 Å². The lowest BCUT2D eigenvalue weighted by Gasteiger charge is -2.12. The summed E-state index contributed by atoms with van der Waals surface area (Å²) in [6, 6.07) is 4.60. The topological polar surface area (TPSA) is 111 Å². The average molecular weight is 368 g/mol. The largest absolute Gasteiger partial charge is 0.452 e. The summed E-state index contributed by atoms with van der Waals surface area (Å²) in [4.78, 5) is 10.9. The van der Waals surface area contributed by atoms with Crippen LogP contribution >= 0.6 is 28.1 Å². The first-order chi connectivity index (χ1) is 8.75. The molecule has 1 amide bonds. The summed E-state index contributed by atoms with van der Waals surface area (Å²) in [6.45, 7) is 0. The maximum atomic E-state index is 11.6. The van der Waals surface area contributed by atoms with Crippen molar-refractivity contribution in [2.45, 2.75) is 0 Å². The van der Waals surface area contributed by atoms with E-state index in [0.29, 0.717) is 10.0 Å². The molecule has 0 aliphatic carbocycles. The fourth-order valence-corrected chi connectivity index (χ4v) is 2.48. The summed E-state index contributed by atoms with van der Waals surface area (Å²) in [5, 5.41) is 0. The van der Waals surface area contributed by atoms with E-state index >= 15 is 0 Å². The summed E-state index contributed by atoms with van der Waals surface area (Å²) >= 11 is 8.03. The first kappa shape index (κ1) is 15.7. The first-order valence-corrected chi connectivity index (χ1v) is 7.41. The van der Waals surface area contributed by atoms with E-state index in [-0.39, 0.29) is 10.7 Å². The lowest BCUT2D eigenvalue weighted by molar-refractivity contribution is 0.177. The molecule has 104 valence electrons. The highest BCUT2D eigenvalue weighted by molar-refractivity contribution is 9.10. The standard InChI is InChI=1S/C9H10BrN3O4S2/c1-17-9(14)13-19(15,16)12-7-3-2-5(10)4-6(7)8(11)18/h2-4,12H,1H3,(H2,11,18)(H,13,14). The fraction of sp³-hybridized carbons (Fsp3) is 0.111. The van der Waals surface area contributed by atoms with Crippen LogP contribution in [0.4, 0.5) is 10.5 Å². The van der Waals surface area contributed by atoms with Gasteiger partial charge >= 0.3 is 16.3 Å². The zero-order chi connectivity index (χ0) is 14.6. The molecule has 19 heavy (non-hydrogen) atoms. The molecule has 4 N–H and O–H groups in total. The molecule has 1 aromatic carbocycles. The number of ether oxygens (including phenoxy) is 1. The highest BCUT2D eigenvalue weighted by Crippen LogP contribution is 2.21. The molecule has 1 aromatic rings. The average Bonchev–Trinajstić information content (AvgIpc) is 2.30. The molecular weight excluding hydrogens is 358 g/mol. The predicted molar refractivity (Wildman–Crippen MR) is 78.1 cm³/mol. The van der Waals surface area contributed by atoms with Crippen LogP contribution in [0, 0.1) is 0 Å². The van der Waals surface area contributed by atoms with Crippen molar-refractivity contribution >= 4 is 55.1 Å². The van der Waals surface area contributed by atoms with Crippen LogP contribution in [0.1, 0.15) is 5.56 Å². The minimum Gasteiger partial charge on any atom is -0.452 e. The van der Waals surface area contributed by atoms with E-state index in [9.17, 15) is 13.2 Å². The fourth-order valence-electron chi connectivity index (χ4n) is 1.13. The number of anilines is 1. The monoisotopic (exact) mass is 367 g/mol. The van der Waals surface area contributed by atoms with Gasteiger partial charge in [0.15, 0.2) is 0 Å². The molecule has 0 atom stereocenters. The lowest BCUT2D eigenvalue weighted by Crippen LogP contribution is -2.35. The number of carbonyl (C=O) groups excluding carboxylic acids is 1. The van der Waals surface area contributed by atoms with Gasteiger partial charge in [-0.1, -0.05) is 28.1 Å². The van der Waals surface area contributed by atoms with Crippen molar-refractivity contribution in [2.75, 3.05) is 11.8 Å². The molecule has 0 aliphatic heterocycles. The first-order valence-electron chi connectivity index (χ1n) is 4.73. The van der Waals surface area contributed by atoms with Crippen LogP contribution in [0.2, 0.25) is 0 Å². The number of amides is 1. The Hall–Kier alpha value is -1.39. The van der Waals surface area contributed by atoms with Crippen molar-refractivity contribution in [2.24, 2.45) is 5.73 Å². The van der Waals surface area contributed by atoms with Gasteiger partial charge in [-0.25, -0.2) is 9.52 Å². The summed E-state index contributed by atoms with van der Waals surface area (Å²) in [5.74, 6) is 0. The van der Waals surface area contributed by atoms with Crippen LogP contribution in [0.3, 0.4) is 0 Å². The van der Waals surface area contributed by atoms with Crippen LogP contribution in [0.5, 0.6) is 0 Å². The third-order valence-electron chi connectivity index (χ3n) is 1.89. The molecule has 0 saturated heterocycles. The van der Waals surface area contributed by atoms with Gasteiger partial charge in [0.05, 0.1) is 12.8 Å². The minimum atomic E-state index is -4.12. The van der Waals surface area contributed by atoms with Crippen molar-refractivity contribution < 1.29 is 17.9 Å². The predicted octanol–water partition coefficient (Wildman–Crippen LogP) is 1.10. The second kappa shape index (κ2) is 6.17. The van der Waals surface area contributed by atoms with Crippen LogP contribution in [-0.2, 0) is 14.9 Å². The van der Waals surface area contributed by atoms with E-state index in [0.717, 1.165) is 7.11 Å². The Labute approximate surface area is 123 Å². The number of thiocarbonyl (C=S) groups is 1. The Bertz CT molecular complexity index is 618. The summed E-state index contributed by atoms with van der Waals surface area (Å²) in [6.07, 6.45) is -1.11. The molecule has 0 saturated carbocycles. The van der Waals surface area contributed by atoms with Crippen molar-refractivity contribution in [3.63, 3.8) is 0 Å². The molecule has 0 unspecified atom stereocenters. The number of nitrogens with one attached hydrogen (secondary N) is 2. The number of halogens is 1. The number of benzene rings is 1. The highest BCUT2D eigenvalue weighted by Gasteiger charge is 2.17. The Kier molecular flexibility index (Phi) is 5.09. The van der Waals surface area contributed by atoms with Crippen molar-refractivity contribution in [1.29, 1.82) is 0 Å². The number of methoxy groups -OCH3 is 1. The third-order valence-corrected chi connectivity index (χ3v) is 3.53. The number of carbonyl (C=O) groups is 1. The Morgan fingerprint density at radius 1 is 1.47 bits per heavy atom. The van der Waals surface area contributed by atoms with Gasteiger partial charge < -0.3 is 10.5 Å². The molecule has 0 aliphatic rings. The molecule has 0 heterocycles. The van der Waals surface area contributed by atoms with Crippen molar-refractivity contribution in [1.82, 2.24) is 4.72 Å². The van der Waals surface area contributed by atoms with Gasteiger partial charge in [-0.2, -0.15) is 8.42 Å². The van der Waals surface area contributed by atoms with Gasteiger partial charge in [0.1, 0.15) is 4.99 Å². The number of hydrogen-bond donors (Lipinski definition) is 3. The van der Waals surface area contributed by atoms with Gasteiger partial charge in [0.25, 0.3) is 0 Å². The molecule has 0 fully saturated rings.